The van der Waals surface area contributed by atoms with Gasteiger partial charge >= 0.3 is 0 Å². The Kier molecular flexibility index (Phi) is 6.43. The molecular formula is C22H20ClFN2O3S. The van der Waals surface area contributed by atoms with E-state index < -0.39 is 10.0 Å². The SMILES string of the molecule is CN(Cc1cccc(F)c1)C(=O)c1cccc(N(C)S(=O)(=O)c2ccc(Cl)cc2)c1. The van der Waals surface area contributed by atoms with Crippen molar-refractivity contribution < 1.29 is 17.6 Å². The van der Waals surface area contributed by atoms with Crippen LogP contribution in [0.2, 0.25) is 5.02 Å². The lowest BCUT2D eigenvalue weighted by molar-refractivity contribution is 0.0785. The van der Waals surface area contributed by atoms with Crippen LogP contribution in [-0.2, 0) is 16.6 Å². The van der Waals surface area contributed by atoms with Gasteiger partial charge in [0.1, 0.15) is 5.82 Å². The van der Waals surface area contributed by atoms with Crippen LogP contribution >= 0.6 is 11.6 Å². The molecule has 0 unspecified atom stereocenters. The zero-order chi connectivity index (χ0) is 21.9. The van der Waals surface area contributed by atoms with Gasteiger partial charge in [0.15, 0.2) is 0 Å². The lowest BCUT2D eigenvalue weighted by atomic mass is 10.1. The Morgan fingerprint density at radius 3 is 2.30 bits per heavy atom. The number of benzene rings is 3. The third-order valence-corrected chi connectivity index (χ3v) is 6.64. The van der Waals surface area contributed by atoms with E-state index in [9.17, 15) is 17.6 Å². The van der Waals surface area contributed by atoms with Gasteiger partial charge < -0.3 is 4.90 Å². The van der Waals surface area contributed by atoms with E-state index in [1.807, 2.05) is 0 Å². The van der Waals surface area contributed by atoms with Crippen LogP contribution in [0.1, 0.15) is 15.9 Å². The summed E-state index contributed by atoms with van der Waals surface area (Å²) < 4.78 is 40.3. The maximum atomic E-state index is 13.4. The number of sulfonamides is 1. The van der Waals surface area contributed by atoms with Gasteiger partial charge in [-0.1, -0.05) is 29.8 Å². The van der Waals surface area contributed by atoms with Crippen molar-refractivity contribution in [3.8, 4) is 0 Å². The third kappa shape index (κ3) is 4.80. The first-order valence-electron chi connectivity index (χ1n) is 9.03. The first-order valence-corrected chi connectivity index (χ1v) is 10.8. The van der Waals surface area contributed by atoms with E-state index in [1.165, 1.54) is 54.4 Å². The highest BCUT2D eigenvalue weighted by Crippen LogP contribution is 2.24. The summed E-state index contributed by atoms with van der Waals surface area (Å²) in [4.78, 5) is 14.4. The molecule has 0 aliphatic rings. The molecule has 0 saturated carbocycles. The van der Waals surface area contributed by atoms with Crippen LogP contribution in [0, 0.1) is 5.82 Å². The number of halogens is 2. The molecule has 0 bridgehead atoms. The van der Waals surface area contributed by atoms with Gasteiger partial charge in [-0.2, -0.15) is 0 Å². The topological polar surface area (TPSA) is 57.7 Å². The van der Waals surface area contributed by atoms with Crippen molar-refractivity contribution in [3.63, 3.8) is 0 Å². The summed E-state index contributed by atoms with van der Waals surface area (Å²) in [6.45, 7) is 0.222. The largest absolute Gasteiger partial charge is 0.337 e. The van der Waals surface area contributed by atoms with E-state index in [0.29, 0.717) is 21.8 Å². The monoisotopic (exact) mass is 446 g/mol. The van der Waals surface area contributed by atoms with Crippen molar-refractivity contribution in [3.05, 3.63) is 94.8 Å². The van der Waals surface area contributed by atoms with E-state index >= 15 is 0 Å². The highest BCUT2D eigenvalue weighted by atomic mass is 35.5. The normalized spacial score (nSPS) is 11.2. The van der Waals surface area contributed by atoms with Crippen molar-refractivity contribution in [2.45, 2.75) is 11.4 Å². The molecule has 0 heterocycles. The quantitative estimate of drug-likeness (QED) is 0.557. The highest BCUT2D eigenvalue weighted by molar-refractivity contribution is 7.92. The molecule has 8 heteroatoms. The average molecular weight is 447 g/mol. The van der Waals surface area contributed by atoms with E-state index in [0.717, 1.165) is 4.31 Å². The second kappa shape index (κ2) is 8.85. The molecular weight excluding hydrogens is 427 g/mol. The smallest absolute Gasteiger partial charge is 0.264 e. The van der Waals surface area contributed by atoms with Gasteiger partial charge in [0.2, 0.25) is 0 Å². The summed E-state index contributed by atoms with van der Waals surface area (Å²) in [5.74, 6) is -0.678. The second-order valence-corrected chi connectivity index (χ2v) is 9.17. The van der Waals surface area contributed by atoms with Crippen molar-refractivity contribution in [1.29, 1.82) is 0 Å². The Hall–Kier alpha value is -2.90. The van der Waals surface area contributed by atoms with Gasteiger partial charge in [-0.25, -0.2) is 12.8 Å². The number of amides is 1. The highest BCUT2D eigenvalue weighted by Gasteiger charge is 2.22. The summed E-state index contributed by atoms with van der Waals surface area (Å²) in [6.07, 6.45) is 0. The number of rotatable bonds is 6. The van der Waals surface area contributed by atoms with Crippen LogP contribution in [0.15, 0.2) is 77.7 Å². The fourth-order valence-electron chi connectivity index (χ4n) is 2.94. The zero-order valence-corrected chi connectivity index (χ0v) is 18.0. The fraction of sp³-hybridized carbons (Fsp3) is 0.136. The van der Waals surface area contributed by atoms with E-state index in [-0.39, 0.29) is 23.2 Å². The molecule has 0 atom stereocenters. The number of carbonyl (C=O) groups is 1. The van der Waals surface area contributed by atoms with Crippen molar-refractivity contribution >= 4 is 33.2 Å². The molecule has 0 N–H and O–H groups in total. The number of hydrogen-bond donors (Lipinski definition) is 0. The molecule has 3 rings (SSSR count). The Morgan fingerprint density at radius 1 is 0.967 bits per heavy atom. The third-order valence-electron chi connectivity index (χ3n) is 4.58. The summed E-state index contributed by atoms with van der Waals surface area (Å²) in [5.41, 5.74) is 1.32. The predicted octanol–water partition coefficient (Wildman–Crippen LogP) is 4.58. The first kappa shape index (κ1) is 21.8. The maximum absolute atomic E-state index is 13.4. The molecule has 0 radical (unpaired) electrons. The summed E-state index contributed by atoms with van der Waals surface area (Å²) in [6, 6.07) is 18.2. The number of carbonyl (C=O) groups excluding carboxylic acids is 1. The molecule has 5 nitrogen and oxygen atoms in total. The molecule has 156 valence electrons. The Bertz CT molecular complexity index is 1170. The Morgan fingerprint density at radius 2 is 1.63 bits per heavy atom. The van der Waals surface area contributed by atoms with Crippen molar-refractivity contribution in [2.75, 3.05) is 18.4 Å². The fourth-order valence-corrected chi connectivity index (χ4v) is 4.25. The molecule has 1 amide bonds. The molecule has 3 aromatic carbocycles. The van der Waals surface area contributed by atoms with Crippen molar-refractivity contribution in [1.82, 2.24) is 4.90 Å². The van der Waals surface area contributed by atoms with Crippen LogP contribution in [-0.4, -0.2) is 33.3 Å². The van der Waals surface area contributed by atoms with Gasteiger partial charge in [0, 0.05) is 31.2 Å². The predicted molar refractivity (Wildman–Crippen MR) is 116 cm³/mol. The second-order valence-electron chi connectivity index (χ2n) is 6.77. The first-order chi connectivity index (χ1) is 14.2. The van der Waals surface area contributed by atoms with E-state index in [2.05, 4.69) is 0 Å². The molecule has 0 aliphatic carbocycles. The van der Waals surface area contributed by atoms with Crippen LogP contribution in [0.3, 0.4) is 0 Å². The Labute approximate surface area is 180 Å². The van der Waals surface area contributed by atoms with Gasteiger partial charge in [-0.05, 0) is 60.2 Å². The molecule has 0 saturated heterocycles. The summed E-state index contributed by atoms with van der Waals surface area (Å²) in [5, 5.41) is 0.436. The van der Waals surface area contributed by atoms with Crippen LogP contribution in [0.25, 0.3) is 0 Å². The average Bonchev–Trinajstić information content (AvgIpc) is 2.73. The lowest BCUT2D eigenvalue weighted by Crippen LogP contribution is -2.28. The molecule has 30 heavy (non-hydrogen) atoms. The van der Waals surface area contributed by atoms with Gasteiger partial charge in [-0.15, -0.1) is 0 Å². The summed E-state index contributed by atoms with van der Waals surface area (Å²) >= 11 is 5.84. The van der Waals surface area contributed by atoms with Crippen LogP contribution in [0.4, 0.5) is 10.1 Å². The number of nitrogens with zero attached hydrogens (tertiary/aromatic N) is 2. The van der Waals surface area contributed by atoms with E-state index in [1.54, 1.807) is 37.4 Å². The van der Waals surface area contributed by atoms with Crippen LogP contribution in [0.5, 0.6) is 0 Å². The van der Waals surface area contributed by atoms with Crippen LogP contribution < -0.4 is 4.31 Å². The standard InChI is InChI=1S/C22H20ClFN2O3S/c1-25(15-16-5-3-7-19(24)13-16)22(27)17-6-4-8-20(14-17)26(2)30(28,29)21-11-9-18(23)10-12-21/h3-14H,15H2,1-2H3. The lowest BCUT2D eigenvalue weighted by Gasteiger charge is -2.21. The minimum atomic E-state index is -3.82. The van der Waals surface area contributed by atoms with Gasteiger partial charge in [0.05, 0.1) is 10.6 Å². The Balaban J connectivity index is 1.82. The minimum absolute atomic E-state index is 0.0920. The molecule has 0 aliphatic heterocycles. The van der Waals surface area contributed by atoms with Gasteiger partial charge in [-0.3, -0.25) is 9.10 Å². The molecule has 0 aromatic heterocycles. The van der Waals surface area contributed by atoms with Crippen molar-refractivity contribution in [2.24, 2.45) is 0 Å². The molecule has 0 spiro atoms. The molecule has 3 aromatic rings. The number of hydrogen-bond acceptors (Lipinski definition) is 3. The minimum Gasteiger partial charge on any atom is -0.337 e. The summed E-state index contributed by atoms with van der Waals surface area (Å²) in [7, 11) is -0.791. The maximum Gasteiger partial charge on any atom is 0.264 e. The van der Waals surface area contributed by atoms with E-state index in [4.69, 9.17) is 11.6 Å². The zero-order valence-electron chi connectivity index (χ0n) is 16.4. The van der Waals surface area contributed by atoms with Gasteiger partial charge in [0.25, 0.3) is 15.9 Å². The number of anilines is 1. The molecule has 0 fully saturated rings.